The van der Waals surface area contributed by atoms with Crippen molar-refractivity contribution in [1.82, 2.24) is 4.90 Å². The molecule has 1 saturated heterocycles. The van der Waals surface area contributed by atoms with E-state index in [1.807, 2.05) is 12.1 Å². The standard InChI is InChI=1S/C14H17NO2/c16-12-5-2-1-4-11(12)14-13(17)6-3-9-15(14)10-7-8-10/h1-2,4-5,10,14,16H,3,6-9H2. The maximum atomic E-state index is 12.1. The molecule has 1 N–H and O–H groups in total. The molecule has 90 valence electrons. The summed E-state index contributed by atoms with van der Waals surface area (Å²) in [6.45, 7) is 0.982. The van der Waals surface area contributed by atoms with Crippen molar-refractivity contribution in [3.63, 3.8) is 0 Å². The number of carbonyl (C=O) groups is 1. The van der Waals surface area contributed by atoms with Gasteiger partial charge in [0.05, 0.1) is 6.04 Å². The molecule has 1 atom stereocenters. The summed E-state index contributed by atoms with van der Waals surface area (Å²) in [6.07, 6.45) is 3.98. The molecule has 1 saturated carbocycles. The summed E-state index contributed by atoms with van der Waals surface area (Å²) in [6, 6.07) is 7.58. The zero-order valence-corrected chi connectivity index (χ0v) is 9.80. The molecule has 1 aliphatic carbocycles. The molecule has 0 radical (unpaired) electrons. The van der Waals surface area contributed by atoms with Crippen LogP contribution in [0, 0.1) is 0 Å². The molecule has 2 fully saturated rings. The van der Waals surface area contributed by atoms with Crippen LogP contribution in [0.15, 0.2) is 24.3 Å². The first-order valence-electron chi connectivity index (χ1n) is 6.34. The van der Waals surface area contributed by atoms with E-state index < -0.39 is 0 Å². The second-order valence-electron chi connectivity index (χ2n) is 5.00. The van der Waals surface area contributed by atoms with Crippen molar-refractivity contribution in [2.75, 3.05) is 6.54 Å². The van der Waals surface area contributed by atoms with Gasteiger partial charge in [-0.2, -0.15) is 0 Å². The molecule has 1 aromatic rings. The number of benzene rings is 1. The zero-order valence-electron chi connectivity index (χ0n) is 9.80. The minimum Gasteiger partial charge on any atom is -0.508 e. The van der Waals surface area contributed by atoms with Gasteiger partial charge in [-0.25, -0.2) is 0 Å². The molecule has 1 unspecified atom stereocenters. The molecule has 2 aliphatic rings. The molecule has 17 heavy (non-hydrogen) atoms. The smallest absolute Gasteiger partial charge is 0.154 e. The fraction of sp³-hybridized carbons (Fsp3) is 0.500. The largest absolute Gasteiger partial charge is 0.508 e. The number of carbonyl (C=O) groups excluding carboxylic acids is 1. The first-order valence-corrected chi connectivity index (χ1v) is 6.34. The highest BCUT2D eigenvalue weighted by molar-refractivity contribution is 5.86. The molecular formula is C14H17NO2. The molecule has 0 spiro atoms. The molecule has 1 heterocycles. The van der Waals surface area contributed by atoms with Crippen LogP contribution < -0.4 is 0 Å². The second kappa shape index (κ2) is 4.15. The van der Waals surface area contributed by atoms with E-state index >= 15 is 0 Å². The van der Waals surface area contributed by atoms with Crippen molar-refractivity contribution in [1.29, 1.82) is 0 Å². The van der Waals surface area contributed by atoms with Gasteiger partial charge < -0.3 is 5.11 Å². The normalized spacial score (nSPS) is 26.1. The molecule has 1 aliphatic heterocycles. The highest BCUT2D eigenvalue weighted by Gasteiger charge is 2.40. The molecular weight excluding hydrogens is 214 g/mol. The Kier molecular flexibility index (Phi) is 2.63. The number of likely N-dealkylation sites (tertiary alicyclic amines) is 1. The van der Waals surface area contributed by atoms with Crippen molar-refractivity contribution in [3.8, 4) is 5.75 Å². The van der Waals surface area contributed by atoms with E-state index in [1.165, 1.54) is 12.8 Å². The molecule has 3 nitrogen and oxygen atoms in total. The maximum absolute atomic E-state index is 12.1. The van der Waals surface area contributed by atoms with Crippen LogP contribution in [-0.4, -0.2) is 28.4 Å². The van der Waals surface area contributed by atoms with Gasteiger partial charge in [-0.15, -0.1) is 0 Å². The lowest BCUT2D eigenvalue weighted by molar-refractivity contribution is -0.127. The maximum Gasteiger partial charge on any atom is 0.154 e. The van der Waals surface area contributed by atoms with Gasteiger partial charge in [-0.1, -0.05) is 18.2 Å². The second-order valence-corrected chi connectivity index (χ2v) is 5.00. The average Bonchev–Trinajstić information content (AvgIpc) is 3.14. The Morgan fingerprint density at radius 1 is 1.24 bits per heavy atom. The molecule has 0 bridgehead atoms. The summed E-state index contributed by atoms with van der Waals surface area (Å²) in [4.78, 5) is 14.4. The Hall–Kier alpha value is -1.35. The van der Waals surface area contributed by atoms with Gasteiger partial charge in [0, 0.05) is 18.0 Å². The van der Waals surface area contributed by atoms with Gasteiger partial charge >= 0.3 is 0 Å². The number of nitrogens with zero attached hydrogens (tertiary/aromatic N) is 1. The van der Waals surface area contributed by atoms with E-state index in [4.69, 9.17) is 0 Å². The minimum atomic E-state index is -0.211. The van der Waals surface area contributed by atoms with E-state index in [1.54, 1.807) is 12.1 Å². The fourth-order valence-electron chi connectivity index (χ4n) is 2.76. The number of phenols is 1. The average molecular weight is 231 g/mol. The van der Waals surface area contributed by atoms with Crippen LogP contribution in [-0.2, 0) is 4.79 Å². The van der Waals surface area contributed by atoms with Crippen LogP contribution in [0.25, 0.3) is 0 Å². The Balaban J connectivity index is 1.96. The summed E-state index contributed by atoms with van der Waals surface area (Å²) in [7, 11) is 0. The summed E-state index contributed by atoms with van der Waals surface area (Å²) < 4.78 is 0. The first-order chi connectivity index (χ1) is 8.27. The van der Waals surface area contributed by atoms with Crippen molar-refractivity contribution < 1.29 is 9.90 Å². The van der Waals surface area contributed by atoms with Gasteiger partial charge in [0.15, 0.2) is 5.78 Å². The van der Waals surface area contributed by atoms with E-state index in [-0.39, 0.29) is 17.6 Å². The zero-order chi connectivity index (χ0) is 11.8. The van der Waals surface area contributed by atoms with Gasteiger partial charge in [0.1, 0.15) is 5.75 Å². The van der Waals surface area contributed by atoms with Crippen molar-refractivity contribution in [2.24, 2.45) is 0 Å². The lowest BCUT2D eigenvalue weighted by Crippen LogP contribution is -2.40. The van der Waals surface area contributed by atoms with Gasteiger partial charge in [0.25, 0.3) is 0 Å². The van der Waals surface area contributed by atoms with Crippen molar-refractivity contribution >= 4 is 5.78 Å². The summed E-state index contributed by atoms with van der Waals surface area (Å²) >= 11 is 0. The number of Topliss-reactive ketones (excluding diaryl/α,β-unsaturated/α-hetero) is 1. The number of rotatable bonds is 2. The molecule has 0 aromatic heterocycles. The SMILES string of the molecule is O=C1CCCN(C2CC2)C1c1ccccc1O. The van der Waals surface area contributed by atoms with Crippen LogP contribution in [0.2, 0.25) is 0 Å². The van der Waals surface area contributed by atoms with Crippen molar-refractivity contribution in [2.45, 2.75) is 37.8 Å². The minimum absolute atomic E-state index is 0.211. The van der Waals surface area contributed by atoms with Crippen LogP contribution in [0.1, 0.15) is 37.3 Å². The quantitative estimate of drug-likeness (QED) is 0.848. The predicted octanol–water partition coefficient (Wildman–Crippen LogP) is 2.26. The monoisotopic (exact) mass is 231 g/mol. The third-order valence-corrected chi connectivity index (χ3v) is 3.72. The molecule has 1 aromatic carbocycles. The first kappa shape index (κ1) is 10.8. The molecule has 3 rings (SSSR count). The third-order valence-electron chi connectivity index (χ3n) is 3.72. The van der Waals surface area contributed by atoms with Gasteiger partial charge in [-0.3, -0.25) is 9.69 Å². The Labute approximate surface area is 101 Å². The number of phenolic OH excluding ortho intramolecular Hbond substituents is 1. The van der Waals surface area contributed by atoms with Crippen LogP contribution >= 0.6 is 0 Å². The highest BCUT2D eigenvalue weighted by Crippen LogP contribution is 2.40. The van der Waals surface area contributed by atoms with Crippen LogP contribution in [0.4, 0.5) is 0 Å². The molecule has 3 heteroatoms. The predicted molar refractivity (Wildman–Crippen MR) is 64.8 cm³/mol. The highest BCUT2D eigenvalue weighted by atomic mass is 16.3. The summed E-state index contributed by atoms with van der Waals surface area (Å²) in [5.74, 6) is 0.503. The van der Waals surface area contributed by atoms with Gasteiger partial charge in [0.2, 0.25) is 0 Å². The molecule has 0 amide bonds. The van der Waals surface area contributed by atoms with Crippen molar-refractivity contribution in [3.05, 3.63) is 29.8 Å². The number of aromatic hydroxyl groups is 1. The topological polar surface area (TPSA) is 40.5 Å². The summed E-state index contributed by atoms with van der Waals surface area (Å²) in [5.41, 5.74) is 0.782. The lowest BCUT2D eigenvalue weighted by Gasteiger charge is -2.35. The van der Waals surface area contributed by atoms with E-state index in [0.29, 0.717) is 12.5 Å². The van der Waals surface area contributed by atoms with E-state index in [9.17, 15) is 9.90 Å². The summed E-state index contributed by atoms with van der Waals surface area (Å²) in [5, 5.41) is 9.92. The van der Waals surface area contributed by atoms with Crippen LogP contribution in [0.3, 0.4) is 0 Å². The van der Waals surface area contributed by atoms with Crippen LogP contribution in [0.5, 0.6) is 5.75 Å². The Bertz CT molecular complexity index is 440. The lowest BCUT2D eigenvalue weighted by atomic mass is 9.93. The number of ketones is 1. The Morgan fingerprint density at radius 2 is 2.00 bits per heavy atom. The third kappa shape index (κ3) is 1.95. The number of hydrogen-bond donors (Lipinski definition) is 1. The fourth-order valence-corrected chi connectivity index (χ4v) is 2.76. The Morgan fingerprint density at radius 3 is 2.71 bits per heavy atom. The number of piperidine rings is 1. The van der Waals surface area contributed by atoms with E-state index in [2.05, 4.69) is 4.90 Å². The number of hydrogen-bond acceptors (Lipinski definition) is 3. The van der Waals surface area contributed by atoms with E-state index in [0.717, 1.165) is 18.5 Å². The van der Waals surface area contributed by atoms with Gasteiger partial charge in [-0.05, 0) is 31.9 Å². The number of para-hydroxylation sites is 1.